The van der Waals surface area contributed by atoms with E-state index < -0.39 is 23.7 Å². The fraction of sp³-hybridized carbons (Fsp3) is 0.526. The third-order valence-corrected chi connectivity index (χ3v) is 11.9. The summed E-state index contributed by atoms with van der Waals surface area (Å²) in [7, 11) is 0. The van der Waals surface area contributed by atoms with Crippen molar-refractivity contribution < 1.29 is 23.0 Å². The average Bonchev–Trinajstić information content (AvgIpc) is 3.70. The Morgan fingerprint density at radius 1 is 1.04 bits per heavy atom. The van der Waals surface area contributed by atoms with Crippen LogP contribution >= 0.6 is 0 Å². The van der Waals surface area contributed by atoms with E-state index in [0.29, 0.717) is 72.5 Å². The van der Waals surface area contributed by atoms with E-state index in [1.165, 1.54) is 6.07 Å². The molecule has 5 heterocycles. The van der Waals surface area contributed by atoms with Crippen molar-refractivity contribution in [3.63, 3.8) is 0 Å². The molecule has 5 atom stereocenters. The summed E-state index contributed by atoms with van der Waals surface area (Å²) in [5.74, 6) is 0.817. The number of halogens is 3. The van der Waals surface area contributed by atoms with E-state index >= 15 is 8.78 Å². The number of hydrogen-bond donors (Lipinski definition) is 2. The molecule has 1 aromatic heterocycles. The molecule has 1 saturated carbocycles. The van der Waals surface area contributed by atoms with Gasteiger partial charge in [0.25, 0.3) is 0 Å². The number of terminal acetylenes is 1. The number of piperidine rings is 1. The molecule has 250 valence electrons. The van der Waals surface area contributed by atoms with E-state index in [0.717, 1.165) is 45.1 Å². The maximum absolute atomic E-state index is 17.0. The molecule has 4 aliphatic heterocycles. The molecule has 4 bridgehead atoms. The SMILES string of the molecule is C#Cc1cccc2c1C(c1c(F)cc3c(N4CC5CCC(C4)N5)nc(OCC4(CN5C6CCC5CC(F)C6)CC4)nc3c1F)CC(O)=C2. The van der Waals surface area contributed by atoms with Crippen LogP contribution in [-0.4, -0.2) is 76.6 Å². The zero-order chi connectivity index (χ0) is 32.7. The summed E-state index contributed by atoms with van der Waals surface area (Å²) in [6, 6.07) is 7.88. The normalized spacial score (nSPS) is 30.2. The Kier molecular flexibility index (Phi) is 7.18. The van der Waals surface area contributed by atoms with Crippen molar-refractivity contribution in [1.82, 2.24) is 20.2 Å². The number of allylic oxidation sites excluding steroid dienone is 1. The Bertz CT molecular complexity index is 1850. The van der Waals surface area contributed by atoms with Crippen LogP contribution in [0.2, 0.25) is 0 Å². The molecule has 48 heavy (non-hydrogen) atoms. The minimum atomic E-state index is -0.835. The Hall–Kier alpha value is -3.81. The molecule has 0 spiro atoms. The van der Waals surface area contributed by atoms with Gasteiger partial charge in [0.05, 0.1) is 12.4 Å². The predicted molar refractivity (Wildman–Crippen MR) is 178 cm³/mol. The first-order chi connectivity index (χ1) is 23.3. The van der Waals surface area contributed by atoms with Crippen LogP contribution in [-0.2, 0) is 0 Å². The van der Waals surface area contributed by atoms with Crippen molar-refractivity contribution in [2.75, 3.05) is 31.1 Å². The highest BCUT2D eigenvalue weighted by molar-refractivity contribution is 5.91. The number of aromatic nitrogens is 2. The lowest BCUT2D eigenvalue weighted by Crippen LogP contribution is -2.51. The smallest absolute Gasteiger partial charge is 0.319 e. The van der Waals surface area contributed by atoms with Crippen LogP contribution in [0.4, 0.5) is 19.0 Å². The number of nitrogens with zero attached hydrogens (tertiary/aromatic N) is 4. The van der Waals surface area contributed by atoms with Gasteiger partial charge in [-0.05, 0) is 80.7 Å². The van der Waals surface area contributed by atoms with Crippen molar-refractivity contribution >= 4 is 22.8 Å². The number of nitrogens with one attached hydrogen (secondary N) is 1. The van der Waals surface area contributed by atoms with E-state index in [2.05, 4.69) is 26.0 Å². The van der Waals surface area contributed by atoms with Crippen molar-refractivity contribution in [3.05, 3.63) is 63.9 Å². The van der Waals surface area contributed by atoms with Gasteiger partial charge in [-0.2, -0.15) is 9.97 Å². The largest absolute Gasteiger partial charge is 0.512 e. The first-order valence-corrected chi connectivity index (χ1v) is 17.5. The van der Waals surface area contributed by atoms with Crippen LogP contribution in [0.25, 0.3) is 17.0 Å². The fourth-order valence-corrected chi connectivity index (χ4v) is 9.39. The maximum atomic E-state index is 17.0. The summed E-state index contributed by atoms with van der Waals surface area (Å²) in [4.78, 5) is 14.1. The van der Waals surface area contributed by atoms with Crippen LogP contribution in [0.5, 0.6) is 6.01 Å². The van der Waals surface area contributed by atoms with Crippen molar-refractivity contribution in [2.24, 2.45) is 5.41 Å². The van der Waals surface area contributed by atoms with Crippen LogP contribution in [0, 0.1) is 29.4 Å². The second-order valence-electron chi connectivity index (χ2n) is 15.1. The topological polar surface area (TPSA) is 73.8 Å². The number of aliphatic hydroxyl groups is 1. The zero-order valence-electron chi connectivity index (χ0n) is 26.9. The maximum Gasteiger partial charge on any atom is 0.319 e. The van der Waals surface area contributed by atoms with E-state index in [9.17, 15) is 9.50 Å². The van der Waals surface area contributed by atoms with Gasteiger partial charge < -0.3 is 20.1 Å². The highest BCUT2D eigenvalue weighted by Crippen LogP contribution is 2.50. The predicted octanol–water partition coefficient (Wildman–Crippen LogP) is 6.39. The summed E-state index contributed by atoms with van der Waals surface area (Å²) < 4.78 is 53.9. The van der Waals surface area contributed by atoms with E-state index in [4.69, 9.17) is 16.1 Å². The number of benzene rings is 2. The average molecular weight is 656 g/mol. The van der Waals surface area contributed by atoms with Gasteiger partial charge in [0, 0.05) is 78.1 Å². The number of piperazine rings is 1. The standard InChI is InChI=1S/C38H40F3N5O2/c1-2-21-4-3-5-22-12-28(47)15-29(32(21)22)33-31(40)16-30-35(34(33)41)43-37(44-36(30)45-17-24-6-7-25(18-45)42-24)48-20-38(10-11-38)19-46-26-8-9-27(46)14-23(39)13-26/h1,3-5,12,16,23-27,29,42,47H,6-11,13-15,17-20H2. The molecule has 0 radical (unpaired) electrons. The molecular weight excluding hydrogens is 615 g/mol. The first kappa shape index (κ1) is 30.3. The molecule has 4 saturated heterocycles. The molecule has 2 aliphatic carbocycles. The highest BCUT2D eigenvalue weighted by Gasteiger charge is 2.50. The fourth-order valence-electron chi connectivity index (χ4n) is 9.39. The molecular formula is C38H40F3N5O2. The van der Waals surface area contributed by atoms with Gasteiger partial charge in [-0.1, -0.05) is 18.1 Å². The second kappa shape index (κ2) is 11.4. The van der Waals surface area contributed by atoms with Crippen molar-refractivity contribution in [1.29, 1.82) is 0 Å². The lowest BCUT2D eigenvalue weighted by molar-refractivity contribution is 0.0527. The lowest BCUT2D eigenvalue weighted by atomic mass is 9.78. The van der Waals surface area contributed by atoms with Gasteiger partial charge in [-0.3, -0.25) is 4.90 Å². The number of ether oxygens (including phenoxy) is 1. The summed E-state index contributed by atoms with van der Waals surface area (Å²) in [6.45, 7) is 2.58. The number of rotatable bonds is 7. The van der Waals surface area contributed by atoms with Crippen LogP contribution in [0.15, 0.2) is 30.0 Å². The van der Waals surface area contributed by atoms with Crippen LogP contribution in [0.3, 0.4) is 0 Å². The van der Waals surface area contributed by atoms with Crippen molar-refractivity contribution in [2.45, 2.75) is 94.0 Å². The van der Waals surface area contributed by atoms with Crippen molar-refractivity contribution in [3.8, 4) is 18.4 Å². The number of alkyl halides is 1. The van der Waals surface area contributed by atoms with Gasteiger partial charge in [-0.25, -0.2) is 13.2 Å². The summed E-state index contributed by atoms with van der Waals surface area (Å²) >= 11 is 0. The third-order valence-electron chi connectivity index (χ3n) is 11.9. The Morgan fingerprint density at radius 3 is 2.50 bits per heavy atom. The van der Waals surface area contributed by atoms with Gasteiger partial charge in [0.15, 0.2) is 5.82 Å². The highest BCUT2D eigenvalue weighted by atomic mass is 19.1. The van der Waals surface area contributed by atoms with Crippen LogP contribution in [0.1, 0.15) is 86.0 Å². The van der Waals surface area contributed by atoms with E-state index in [1.807, 2.05) is 0 Å². The van der Waals surface area contributed by atoms with Crippen LogP contribution < -0.4 is 15.0 Å². The number of aliphatic hydroxyl groups excluding tert-OH is 1. The third kappa shape index (κ3) is 5.12. The monoisotopic (exact) mass is 655 g/mol. The second-order valence-corrected chi connectivity index (χ2v) is 15.1. The minimum Gasteiger partial charge on any atom is -0.512 e. The summed E-state index contributed by atoms with van der Waals surface area (Å²) in [5, 5.41) is 14.6. The Labute approximate surface area is 278 Å². The van der Waals surface area contributed by atoms with Gasteiger partial charge >= 0.3 is 6.01 Å². The molecule has 3 aromatic rings. The molecule has 2 N–H and O–H groups in total. The van der Waals surface area contributed by atoms with E-state index in [-0.39, 0.29) is 46.8 Å². The number of anilines is 1. The minimum absolute atomic E-state index is 0.000953. The molecule has 5 unspecified atom stereocenters. The molecule has 9 rings (SSSR count). The number of fused-ring (bicyclic) bond motifs is 6. The Morgan fingerprint density at radius 2 is 1.79 bits per heavy atom. The first-order valence-electron chi connectivity index (χ1n) is 17.5. The molecule has 5 fully saturated rings. The molecule has 2 aromatic carbocycles. The van der Waals surface area contributed by atoms with Gasteiger partial charge in [0.1, 0.15) is 23.3 Å². The molecule has 7 nitrogen and oxygen atoms in total. The summed E-state index contributed by atoms with van der Waals surface area (Å²) in [5.41, 5.74) is 1.54. The molecule has 6 aliphatic rings. The molecule has 0 amide bonds. The zero-order valence-corrected chi connectivity index (χ0v) is 26.9. The van der Waals surface area contributed by atoms with Gasteiger partial charge in [-0.15, -0.1) is 6.42 Å². The molecule has 10 heteroatoms. The summed E-state index contributed by atoms with van der Waals surface area (Å²) in [6.07, 6.45) is 14.1. The lowest BCUT2D eigenvalue weighted by Gasteiger charge is -2.38. The van der Waals surface area contributed by atoms with Gasteiger partial charge in [0.2, 0.25) is 0 Å². The quantitative estimate of drug-likeness (QED) is 0.286. The Balaban J connectivity index is 1.09. The van der Waals surface area contributed by atoms with E-state index in [1.54, 1.807) is 24.3 Å². The number of hydrogen-bond acceptors (Lipinski definition) is 7.